The Bertz CT molecular complexity index is 5190. The lowest BCUT2D eigenvalue weighted by Gasteiger charge is -2.24. The Morgan fingerprint density at radius 2 is 0.519 bits per heavy atom. The summed E-state index contributed by atoms with van der Waals surface area (Å²) in [5.41, 5.74) is 27.1. The smallest absolute Gasteiger partial charge is 0.109 e. The van der Waals surface area contributed by atoms with Crippen molar-refractivity contribution in [2.75, 3.05) is 14.2 Å². The minimum Gasteiger partial charge on any atom is -0.381 e. The first-order valence-electron chi connectivity index (χ1n) is 52.4. The van der Waals surface area contributed by atoms with E-state index < -0.39 is 0 Å². The van der Waals surface area contributed by atoms with Crippen LogP contribution >= 0.6 is 0 Å². The molecule has 20 rings (SSSR count). The van der Waals surface area contributed by atoms with Crippen molar-refractivity contribution in [1.82, 2.24) is 0 Å². The number of benzene rings is 11. The van der Waals surface area contributed by atoms with Crippen LogP contribution in [-0.4, -0.2) is 69.2 Å². The first kappa shape index (κ1) is 105. The Balaban J connectivity index is 0.000000137. The van der Waals surface area contributed by atoms with Crippen LogP contribution in [0.25, 0.3) is 44.2 Å². The molecule has 0 amide bonds. The topological polar surface area (TPSA) is 83.1 Å². The van der Waals surface area contributed by atoms with Crippen molar-refractivity contribution in [1.29, 1.82) is 0 Å². The maximum atomic E-state index is 6.33. The predicted molar refractivity (Wildman–Crippen MR) is 565 cm³/mol. The minimum absolute atomic E-state index is 0.0878. The fourth-order valence-electron chi connectivity index (χ4n) is 20.6. The van der Waals surface area contributed by atoms with Gasteiger partial charge < -0.3 is 42.6 Å². The highest BCUT2D eigenvalue weighted by Crippen LogP contribution is 2.50. The number of rotatable bonds is 22. The molecule has 0 radical (unpaired) electrons. The second-order valence-corrected chi connectivity index (χ2v) is 40.6. The molecule has 10 unspecified atom stereocenters. The molecule has 0 aliphatic heterocycles. The van der Waals surface area contributed by atoms with E-state index >= 15 is 0 Å². The Kier molecular flexibility index (Phi) is 41.7. The molecule has 0 heterocycles. The lowest BCUT2D eigenvalue weighted by Crippen LogP contribution is -2.20. The van der Waals surface area contributed by atoms with Gasteiger partial charge in [-0.05, 0) is 306 Å². The molecule has 9 aliphatic rings. The van der Waals surface area contributed by atoms with Gasteiger partial charge in [0, 0.05) is 20.6 Å². The zero-order valence-corrected chi connectivity index (χ0v) is 86.0. The molecule has 0 N–H and O–H groups in total. The third-order valence-electron chi connectivity index (χ3n) is 29.3. The summed E-state index contributed by atoms with van der Waals surface area (Å²) in [7, 11) is 3.67. The largest absolute Gasteiger partial charge is 0.381 e. The van der Waals surface area contributed by atoms with Crippen molar-refractivity contribution in [2.24, 2.45) is 23.7 Å². The van der Waals surface area contributed by atoms with Crippen LogP contribution < -0.4 is 0 Å². The summed E-state index contributed by atoms with van der Waals surface area (Å²) in [6.07, 6.45) is 33.2. The van der Waals surface area contributed by atoms with Gasteiger partial charge in [0.1, 0.15) is 18.3 Å². The van der Waals surface area contributed by atoms with Gasteiger partial charge in [-0.25, -0.2) is 0 Å². The van der Waals surface area contributed by atoms with Crippen molar-refractivity contribution in [3.63, 3.8) is 0 Å². The molecule has 9 heteroatoms. The highest BCUT2D eigenvalue weighted by Gasteiger charge is 2.35. The van der Waals surface area contributed by atoms with Gasteiger partial charge in [0.2, 0.25) is 0 Å². The Labute approximate surface area is 815 Å². The summed E-state index contributed by atoms with van der Waals surface area (Å²) < 4.78 is 53.2. The summed E-state index contributed by atoms with van der Waals surface area (Å²) >= 11 is 0. The molecule has 10 atom stereocenters. The van der Waals surface area contributed by atoms with Crippen molar-refractivity contribution in [3.8, 4) is 33.4 Å². The number of fused-ring (bicyclic) bond motifs is 12. The molecule has 9 nitrogen and oxygen atoms in total. The van der Waals surface area contributed by atoms with E-state index in [9.17, 15) is 0 Å². The van der Waals surface area contributed by atoms with Crippen LogP contribution in [0.4, 0.5) is 0 Å². The lowest BCUT2D eigenvalue weighted by atomic mass is 9.88. The molecule has 0 aromatic heterocycles. The third kappa shape index (κ3) is 29.0. The first-order valence-corrected chi connectivity index (χ1v) is 52.4. The Morgan fingerprint density at radius 1 is 0.244 bits per heavy atom. The van der Waals surface area contributed by atoms with E-state index in [2.05, 4.69) is 379 Å². The van der Waals surface area contributed by atoms with Gasteiger partial charge in [-0.3, -0.25) is 0 Å². The van der Waals surface area contributed by atoms with Gasteiger partial charge >= 0.3 is 0 Å². The number of hydrogen-bond acceptors (Lipinski definition) is 9. The van der Waals surface area contributed by atoms with E-state index in [1.54, 1.807) is 0 Å². The second kappa shape index (κ2) is 53.5. The molecule has 11 aromatic rings. The van der Waals surface area contributed by atoms with E-state index in [-0.39, 0.29) is 48.8 Å². The monoisotopic (exact) mass is 1820 g/mol. The normalized spacial score (nSPS) is 19.0. The number of methoxy groups -OCH3 is 2. The fraction of sp³-hybridized carbons (Fsp3) is 0.492. The Morgan fingerprint density at radius 3 is 0.867 bits per heavy atom. The summed E-state index contributed by atoms with van der Waals surface area (Å²) in [5.74, 6) is 2.79. The van der Waals surface area contributed by atoms with Crippen LogP contribution in [0.3, 0.4) is 0 Å². The fourth-order valence-corrected chi connectivity index (χ4v) is 20.6. The molecule has 2 fully saturated rings. The van der Waals surface area contributed by atoms with Gasteiger partial charge in [-0.15, -0.1) is 0 Å². The third-order valence-corrected chi connectivity index (χ3v) is 29.3. The minimum atomic E-state index is 0.0878. The van der Waals surface area contributed by atoms with Crippen LogP contribution in [0, 0.1) is 23.7 Å². The van der Waals surface area contributed by atoms with Gasteiger partial charge in [0.15, 0.2) is 0 Å². The zero-order chi connectivity index (χ0) is 95.9. The SMILES string of the molecule is CC(C)C(C)OC1CCc2ccccc21.CC(C)C(C)OC1c2ccccc2-c2ccccc21.CC(C)OC1CCc2ccccc21.CC(C)OC1Cc2cccc3cccc1c23.CC(C)OC1c2ccccc2-c2ccccc21.CCC(C)OC1CCc2ccccc21.CCC(C)OC1c2ccccc2-c2ccccc21.COC(C)C1CCCCCC1.COC(C)C1CCCCCCC1. The van der Waals surface area contributed by atoms with Crippen LogP contribution in [-0.2, 0) is 68.3 Å². The van der Waals surface area contributed by atoms with Crippen LogP contribution in [0.2, 0.25) is 0 Å². The van der Waals surface area contributed by atoms with E-state index in [1.807, 2.05) is 14.2 Å². The number of hydrogen-bond donors (Lipinski definition) is 0. The summed E-state index contributed by atoms with van der Waals surface area (Å²) in [4.78, 5) is 0. The molecular weight excluding hydrogens is 1660 g/mol. The average molecular weight is 1820 g/mol. The van der Waals surface area contributed by atoms with E-state index in [0.29, 0.717) is 60.7 Å². The van der Waals surface area contributed by atoms with Crippen LogP contribution in [0.15, 0.2) is 255 Å². The molecular formula is C126H166O9. The molecule has 11 aromatic carbocycles. The zero-order valence-electron chi connectivity index (χ0n) is 86.0. The van der Waals surface area contributed by atoms with Crippen molar-refractivity contribution < 1.29 is 42.6 Å². The first-order chi connectivity index (χ1) is 65.5. The highest BCUT2D eigenvalue weighted by atomic mass is 16.5. The lowest BCUT2D eigenvalue weighted by molar-refractivity contribution is -0.0255. The molecule has 2 saturated carbocycles. The van der Waals surface area contributed by atoms with Gasteiger partial charge in [-0.1, -0.05) is 354 Å². The summed E-state index contributed by atoms with van der Waals surface area (Å²) in [6, 6.07) is 90.3. The van der Waals surface area contributed by atoms with Crippen molar-refractivity contribution in [2.45, 2.75) is 364 Å². The summed E-state index contributed by atoms with van der Waals surface area (Å²) in [6.45, 7) is 38.8. The maximum Gasteiger partial charge on any atom is 0.109 e. The number of ether oxygens (including phenoxy) is 9. The molecule has 0 bridgehead atoms. The van der Waals surface area contributed by atoms with E-state index in [1.165, 1.54) is 225 Å². The number of aryl methyl sites for hydroxylation is 3. The Hall–Kier alpha value is -8.68. The van der Waals surface area contributed by atoms with Gasteiger partial charge in [-0.2, -0.15) is 0 Å². The summed E-state index contributed by atoms with van der Waals surface area (Å²) in [5, 5.41) is 2.75. The van der Waals surface area contributed by atoms with Crippen molar-refractivity contribution in [3.05, 3.63) is 333 Å². The van der Waals surface area contributed by atoms with Gasteiger partial charge in [0.25, 0.3) is 0 Å². The molecule has 9 aliphatic carbocycles. The maximum absolute atomic E-state index is 6.33. The van der Waals surface area contributed by atoms with E-state index in [4.69, 9.17) is 42.6 Å². The highest BCUT2D eigenvalue weighted by molar-refractivity contribution is 5.91. The molecule has 0 spiro atoms. The molecule has 135 heavy (non-hydrogen) atoms. The van der Waals surface area contributed by atoms with E-state index in [0.717, 1.165) is 50.4 Å². The standard InChI is InChI=1S/C18H20O.C17H18O.C16H16O.C15H16O.C14H20O.C13H18O.C12H16O.C11H22O.C10H20O/c1-12(2)13(3)19-18-16-10-6-4-8-14(16)15-9-5-7-11-17(15)18;1-3-12(2)18-17-15-10-6-4-8-13(15)14-9-5-7-11-16(14)17;1-11(2)17-16-14-9-5-3-7-12(14)13-8-4-6-10-15(13)16;1-10(2)16-14-9-12-7-3-5-11-6-4-8-13(14)15(11)12;1-10(2)11(3)15-14-9-8-12-6-4-5-7-13(12)14;1-3-10(2)14-13-9-8-11-6-4-5-7-12(11)13;1-9(2)13-12-8-7-10-5-3-4-6-11(10)12;1-10(12-2)11-8-6-4-3-5-7-9-11;1-9(11-2)10-7-5-3-4-6-8-10/h4-13,18H,1-3H3;4-12,17H,3H2,1-2H3;3-11,16H,1-2H3;3-8,10,14H,9H2,1-2H3;4-7,10-11,14H,8-9H2,1-3H3;4-7,10,13H,3,8-9H2,1-2H3;3-6,9,12H,7-8H2,1-2H3;10-11H,3-9H2,1-2H3;9-10H,3-8H2,1-2H3. The average Bonchev–Trinajstić information content (AvgIpc) is 1.62. The second-order valence-electron chi connectivity index (χ2n) is 40.6. The quantitative estimate of drug-likeness (QED) is 0.0616. The predicted octanol–water partition coefficient (Wildman–Crippen LogP) is 34.1. The van der Waals surface area contributed by atoms with Crippen LogP contribution in [0.1, 0.15) is 361 Å². The van der Waals surface area contributed by atoms with Gasteiger partial charge in [0.05, 0.1) is 79.4 Å². The molecule has 0 saturated heterocycles. The van der Waals surface area contributed by atoms with Crippen LogP contribution in [0.5, 0.6) is 0 Å². The molecule has 724 valence electrons. The van der Waals surface area contributed by atoms with Crippen molar-refractivity contribution >= 4 is 10.8 Å².